The lowest BCUT2D eigenvalue weighted by Crippen LogP contribution is -2.55. The fourth-order valence-electron chi connectivity index (χ4n) is 5.26. The van der Waals surface area contributed by atoms with Gasteiger partial charge >= 0.3 is 5.97 Å². The molecule has 1 aromatic carbocycles. The van der Waals surface area contributed by atoms with Crippen molar-refractivity contribution in [3.63, 3.8) is 0 Å². The molecule has 4 atom stereocenters. The monoisotopic (exact) mass is 443 g/mol. The third-order valence-electron chi connectivity index (χ3n) is 7.76. The standard InChI is InChI=1S/C24H33NO5Si/c1-14(26)29-23-20(30-31(5,6)24(2,3)4)9-15-7-8-25-12-16-10-18-19(28-13-27-18)11-17(16)21(23)22(15)25/h9-11,20-23H,7-8,12-13H2,1-6H3. The molecule has 4 unspecified atom stereocenters. The zero-order valence-electron chi connectivity index (χ0n) is 19.4. The van der Waals surface area contributed by atoms with Crippen LogP contribution in [0.3, 0.4) is 0 Å². The molecule has 31 heavy (non-hydrogen) atoms. The zero-order chi connectivity index (χ0) is 22.1. The Morgan fingerprint density at radius 3 is 2.58 bits per heavy atom. The van der Waals surface area contributed by atoms with Crippen LogP contribution in [-0.2, 0) is 20.5 Å². The highest BCUT2D eigenvalue weighted by molar-refractivity contribution is 6.74. The van der Waals surface area contributed by atoms with Gasteiger partial charge < -0.3 is 18.6 Å². The van der Waals surface area contributed by atoms with E-state index in [1.807, 2.05) is 0 Å². The summed E-state index contributed by atoms with van der Waals surface area (Å²) in [5.41, 5.74) is 3.85. The summed E-state index contributed by atoms with van der Waals surface area (Å²) in [6.45, 7) is 14.9. The van der Waals surface area contributed by atoms with Crippen molar-refractivity contribution in [2.24, 2.45) is 0 Å². The first-order chi connectivity index (χ1) is 14.5. The number of carbonyl (C=O) groups is 1. The second-order valence-corrected chi connectivity index (χ2v) is 15.5. The Bertz CT molecular complexity index is 950. The minimum absolute atomic E-state index is 0.0272. The Balaban J connectivity index is 1.61. The number of hydrogen-bond acceptors (Lipinski definition) is 6. The number of benzene rings is 1. The van der Waals surface area contributed by atoms with E-state index in [-0.39, 0.29) is 42.0 Å². The minimum Gasteiger partial charge on any atom is -0.459 e. The van der Waals surface area contributed by atoms with Gasteiger partial charge in [-0.25, -0.2) is 0 Å². The van der Waals surface area contributed by atoms with Gasteiger partial charge in [-0.2, -0.15) is 0 Å². The second kappa shape index (κ2) is 7.09. The Kier molecular flexibility index (Phi) is 4.81. The summed E-state index contributed by atoms with van der Waals surface area (Å²) in [4.78, 5) is 14.7. The number of hydrogen-bond donors (Lipinski definition) is 0. The average Bonchev–Trinajstić information content (AvgIpc) is 3.27. The summed E-state index contributed by atoms with van der Waals surface area (Å²) in [5, 5.41) is 0.0707. The first-order valence-electron chi connectivity index (χ1n) is 11.3. The summed E-state index contributed by atoms with van der Waals surface area (Å²) in [5.74, 6) is 1.35. The molecule has 1 fully saturated rings. The maximum Gasteiger partial charge on any atom is 0.303 e. The van der Waals surface area contributed by atoms with Crippen LogP contribution < -0.4 is 9.47 Å². The number of nitrogens with zero attached hydrogens (tertiary/aromatic N) is 1. The Hall–Kier alpha value is -1.83. The average molecular weight is 444 g/mol. The van der Waals surface area contributed by atoms with Crippen molar-refractivity contribution in [3.8, 4) is 11.5 Å². The molecule has 168 valence electrons. The normalized spacial score (nSPS) is 29.3. The molecule has 0 amide bonds. The molecule has 4 aliphatic rings. The van der Waals surface area contributed by atoms with Crippen molar-refractivity contribution in [1.29, 1.82) is 0 Å². The van der Waals surface area contributed by atoms with Crippen molar-refractivity contribution in [2.75, 3.05) is 13.3 Å². The first-order valence-corrected chi connectivity index (χ1v) is 14.2. The van der Waals surface area contributed by atoms with Crippen LogP contribution in [-0.4, -0.2) is 50.8 Å². The highest BCUT2D eigenvalue weighted by atomic mass is 28.4. The van der Waals surface area contributed by atoms with Crippen LogP contribution in [0.2, 0.25) is 18.1 Å². The van der Waals surface area contributed by atoms with Crippen LogP contribution in [0, 0.1) is 0 Å². The molecule has 3 heterocycles. The number of esters is 1. The van der Waals surface area contributed by atoms with Gasteiger partial charge in [0, 0.05) is 32.0 Å². The molecule has 0 aromatic heterocycles. The third-order valence-corrected chi connectivity index (χ3v) is 12.2. The molecule has 7 heteroatoms. The van der Waals surface area contributed by atoms with E-state index in [4.69, 9.17) is 18.6 Å². The minimum atomic E-state index is -2.07. The predicted molar refractivity (Wildman–Crippen MR) is 120 cm³/mol. The Labute approximate surface area is 185 Å². The molecule has 1 aliphatic carbocycles. The second-order valence-electron chi connectivity index (χ2n) is 10.8. The largest absolute Gasteiger partial charge is 0.459 e. The van der Waals surface area contributed by atoms with Crippen LogP contribution in [0.25, 0.3) is 0 Å². The Morgan fingerprint density at radius 1 is 1.19 bits per heavy atom. The third kappa shape index (κ3) is 3.41. The maximum absolute atomic E-state index is 12.2. The van der Waals surface area contributed by atoms with E-state index < -0.39 is 8.32 Å². The van der Waals surface area contributed by atoms with Crippen LogP contribution in [0.4, 0.5) is 0 Å². The predicted octanol–water partition coefficient (Wildman–Crippen LogP) is 4.35. The fraction of sp³-hybridized carbons (Fsp3) is 0.625. The molecule has 6 nitrogen and oxygen atoms in total. The molecule has 0 N–H and O–H groups in total. The van der Waals surface area contributed by atoms with Crippen molar-refractivity contribution in [2.45, 2.75) is 83.0 Å². The van der Waals surface area contributed by atoms with E-state index in [1.54, 1.807) is 0 Å². The van der Waals surface area contributed by atoms with Gasteiger partial charge in [-0.15, -0.1) is 0 Å². The van der Waals surface area contributed by atoms with Gasteiger partial charge in [-0.3, -0.25) is 9.69 Å². The number of ether oxygens (including phenoxy) is 3. The molecule has 5 rings (SSSR count). The summed E-state index contributed by atoms with van der Waals surface area (Å²) >= 11 is 0. The molecular weight excluding hydrogens is 410 g/mol. The lowest BCUT2D eigenvalue weighted by molar-refractivity contribution is -0.153. The van der Waals surface area contributed by atoms with Gasteiger partial charge in [0.05, 0.1) is 0 Å². The lowest BCUT2D eigenvalue weighted by atomic mass is 9.73. The van der Waals surface area contributed by atoms with Crippen LogP contribution in [0.1, 0.15) is 51.2 Å². The van der Waals surface area contributed by atoms with E-state index in [1.165, 1.54) is 23.6 Å². The van der Waals surface area contributed by atoms with E-state index in [2.05, 4.69) is 57.0 Å². The number of rotatable bonds is 3. The fourth-order valence-corrected chi connectivity index (χ4v) is 6.50. The van der Waals surface area contributed by atoms with Crippen molar-refractivity contribution >= 4 is 14.3 Å². The quantitative estimate of drug-likeness (QED) is 0.393. The van der Waals surface area contributed by atoms with Gasteiger partial charge in [-0.05, 0) is 47.8 Å². The summed E-state index contributed by atoms with van der Waals surface area (Å²) in [6, 6.07) is 4.47. The van der Waals surface area contributed by atoms with Crippen molar-refractivity contribution < 1.29 is 23.4 Å². The molecule has 0 spiro atoms. The first kappa shape index (κ1) is 21.0. The van der Waals surface area contributed by atoms with E-state index in [0.717, 1.165) is 31.0 Å². The molecule has 1 saturated heterocycles. The van der Waals surface area contributed by atoms with Gasteiger partial charge in [0.2, 0.25) is 6.79 Å². The van der Waals surface area contributed by atoms with Crippen LogP contribution >= 0.6 is 0 Å². The topological polar surface area (TPSA) is 57.2 Å². The van der Waals surface area contributed by atoms with Crippen molar-refractivity contribution in [1.82, 2.24) is 4.90 Å². The highest BCUT2D eigenvalue weighted by Crippen LogP contribution is 2.51. The highest BCUT2D eigenvalue weighted by Gasteiger charge is 2.53. The zero-order valence-corrected chi connectivity index (χ0v) is 20.4. The van der Waals surface area contributed by atoms with E-state index in [9.17, 15) is 4.79 Å². The molecule has 3 aliphatic heterocycles. The maximum atomic E-state index is 12.2. The van der Waals surface area contributed by atoms with Gasteiger partial charge in [-0.1, -0.05) is 32.4 Å². The number of fused-ring (bicyclic) bond motifs is 3. The Morgan fingerprint density at radius 2 is 1.90 bits per heavy atom. The summed E-state index contributed by atoms with van der Waals surface area (Å²) in [7, 11) is -2.07. The summed E-state index contributed by atoms with van der Waals surface area (Å²) in [6.07, 6.45) is 2.71. The van der Waals surface area contributed by atoms with Crippen LogP contribution in [0.5, 0.6) is 11.5 Å². The van der Waals surface area contributed by atoms with E-state index in [0.29, 0.717) is 0 Å². The van der Waals surface area contributed by atoms with Gasteiger partial charge in [0.1, 0.15) is 12.2 Å². The van der Waals surface area contributed by atoms with Gasteiger partial charge in [0.25, 0.3) is 0 Å². The van der Waals surface area contributed by atoms with Crippen molar-refractivity contribution in [3.05, 3.63) is 34.9 Å². The molecule has 0 saturated carbocycles. The molecule has 1 aromatic rings. The van der Waals surface area contributed by atoms with Gasteiger partial charge in [0.15, 0.2) is 19.8 Å². The molecule has 0 radical (unpaired) electrons. The van der Waals surface area contributed by atoms with Crippen LogP contribution in [0.15, 0.2) is 23.8 Å². The summed E-state index contributed by atoms with van der Waals surface area (Å²) < 4.78 is 24.3. The smallest absolute Gasteiger partial charge is 0.303 e. The lowest BCUT2D eigenvalue weighted by Gasteiger charge is -2.49. The number of carbonyl (C=O) groups excluding carboxylic acids is 1. The molecule has 0 bridgehead atoms. The molecular formula is C24H33NO5Si. The SMILES string of the molecule is CC(=O)OC1C(O[Si](C)(C)C(C)(C)C)C=C2CCN3Cc4cc5c(cc4C1C23)OCO5. The van der Waals surface area contributed by atoms with E-state index >= 15 is 0 Å².